The van der Waals surface area contributed by atoms with E-state index in [1.165, 1.54) is 11.0 Å². The van der Waals surface area contributed by atoms with Gasteiger partial charge in [0, 0.05) is 14.1 Å². The number of rotatable bonds is 6. The predicted molar refractivity (Wildman–Crippen MR) is 118 cm³/mol. The summed E-state index contributed by atoms with van der Waals surface area (Å²) in [6.45, 7) is 3.80. The number of aryl methyl sites for hydroxylation is 2. The number of likely N-dealkylation sites (N-methyl/N-ethyl adjacent to an activating group) is 1. The van der Waals surface area contributed by atoms with Crippen LogP contribution in [0.15, 0.2) is 33.7 Å². The molecule has 0 atom stereocenters. The van der Waals surface area contributed by atoms with Crippen molar-refractivity contribution < 1.29 is 22.4 Å². The van der Waals surface area contributed by atoms with Gasteiger partial charge in [0.2, 0.25) is 11.8 Å². The van der Waals surface area contributed by atoms with Gasteiger partial charge in [-0.1, -0.05) is 12.1 Å². The molecule has 0 saturated heterocycles. The molecule has 2 rings (SSSR count). The summed E-state index contributed by atoms with van der Waals surface area (Å²) < 4.78 is 44.1. The molecule has 166 valence electrons. The summed E-state index contributed by atoms with van der Waals surface area (Å²) in [6, 6.07) is 4.95. The molecule has 0 unspecified atom stereocenters. The molecule has 0 fully saturated rings. The third kappa shape index (κ3) is 7.84. The summed E-state index contributed by atoms with van der Waals surface area (Å²) in [5, 5.41) is 5.84. The molecule has 1 amide bonds. The van der Waals surface area contributed by atoms with Crippen molar-refractivity contribution in [3.63, 3.8) is 0 Å². The number of carbonyl (C=O) groups excluding carboxylic acids is 1. The third-order valence-electron chi connectivity index (χ3n) is 4.06. The molecule has 1 aromatic heterocycles. The number of aromatic nitrogens is 1. The first kappa shape index (κ1) is 25.7. The van der Waals surface area contributed by atoms with Crippen molar-refractivity contribution in [2.75, 3.05) is 20.6 Å². The summed E-state index contributed by atoms with van der Waals surface area (Å²) in [6.07, 6.45) is -4.42. The SMILES string of the molecule is Cc1nc(CNC(=NCc2cccc(C(F)(F)F)c2)NCC(=O)N(C)C)oc1C.I. The van der Waals surface area contributed by atoms with E-state index in [1.54, 1.807) is 27.1 Å². The van der Waals surface area contributed by atoms with Crippen LogP contribution in [0.2, 0.25) is 0 Å². The van der Waals surface area contributed by atoms with E-state index in [0.717, 1.165) is 17.8 Å². The fourth-order valence-corrected chi connectivity index (χ4v) is 2.28. The largest absolute Gasteiger partial charge is 0.444 e. The Balaban J connectivity index is 0.00000450. The predicted octanol–water partition coefficient (Wildman–Crippen LogP) is 3.25. The molecule has 2 N–H and O–H groups in total. The van der Waals surface area contributed by atoms with Crippen molar-refractivity contribution >= 4 is 35.8 Å². The van der Waals surface area contributed by atoms with E-state index in [9.17, 15) is 18.0 Å². The van der Waals surface area contributed by atoms with Crippen LogP contribution in [-0.4, -0.2) is 42.4 Å². The second-order valence-corrected chi connectivity index (χ2v) is 6.61. The summed E-state index contributed by atoms with van der Waals surface area (Å²) in [5.74, 6) is 1.21. The van der Waals surface area contributed by atoms with Gasteiger partial charge in [-0.25, -0.2) is 9.98 Å². The van der Waals surface area contributed by atoms with E-state index in [2.05, 4.69) is 20.6 Å². The second kappa shape index (κ2) is 11.2. The zero-order valence-corrected chi connectivity index (χ0v) is 19.5. The summed E-state index contributed by atoms with van der Waals surface area (Å²) >= 11 is 0. The Kier molecular flexibility index (Phi) is 9.59. The van der Waals surface area contributed by atoms with Crippen LogP contribution >= 0.6 is 24.0 Å². The third-order valence-corrected chi connectivity index (χ3v) is 4.06. The minimum atomic E-state index is -4.42. The number of nitrogens with one attached hydrogen (secondary N) is 2. The number of oxazole rings is 1. The molecular weight excluding hydrogens is 514 g/mol. The van der Waals surface area contributed by atoms with Gasteiger partial charge in [0.1, 0.15) is 5.76 Å². The van der Waals surface area contributed by atoms with Crippen LogP contribution in [-0.2, 0) is 24.1 Å². The Morgan fingerprint density at radius 1 is 1.23 bits per heavy atom. The molecule has 1 aromatic carbocycles. The monoisotopic (exact) mass is 539 g/mol. The van der Waals surface area contributed by atoms with E-state index >= 15 is 0 Å². The molecule has 0 radical (unpaired) electrons. The number of alkyl halides is 3. The van der Waals surface area contributed by atoms with Gasteiger partial charge in [0.25, 0.3) is 0 Å². The quantitative estimate of drug-likeness (QED) is 0.335. The summed E-state index contributed by atoms with van der Waals surface area (Å²) in [5.41, 5.74) is 0.420. The Hall–Kier alpha value is -2.31. The van der Waals surface area contributed by atoms with E-state index in [4.69, 9.17) is 4.42 Å². The highest BCUT2D eigenvalue weighted by atomic mass is 127. The number of nitrogens with zero attached hydrogens (tertiary/aromatic N) is 3. The lowest BCUT2D eigenvalue weighted by molar-refractivity contribution is -0.137. The smallest absolute Gasteiger partial charge is 0.416 e. The highest BCUT2D eigenvalue weighted by Gasteiger charge is 2.30. The molecular formula is C19H25F3IN5O2. The summed E-state index contributed by atoms with van der Waals surface area (Å²) in [4.78, 5) is 21.8. The van der Waals surface area contributed by atoms with Crippen molar-refractivity contribution in [3.05, 3.63) is 52.7 Å². The molecule has 0 spiro atoms. The van der Waals surface area contributed by atoms with Crippen LogP contribution in [0.5, 0.6) is 0 Å². The molecule has 0 aliphatic heterocycles. The van der Waals surface area contributed by atoms with E-state index in [0.29, 0.717) is 17.2 Å². The van der Waals surface area contributed by atoms with Gasteiger partial charge in [0.05, 0.1) is 30.9 Å². The van der Waals surface area contributed by atoms with Gasteiger partial charge >= 0.3 is 6.18 Å². The highest BCUT2D eigenvalue weighted by Crippen LogP contribution is 2.29. The Morgan fingerprint density at radius 3 is 2.50 bits per heavy atom. The standard InChI is InChI=1S/C19H24F3N5O2.HI/c1-12-13(2)29-16(26-12)10-24-18(25-11-17(28)27(3)4)23-9-14-6-5-7-15(8-14)19(20,21)22;/h5-8H,9-11H2,1-4H3,(H2,23,24,25);1H. The first-order valence-electron chi connectivity index (χ1n) is 8.87. The second-order valence-electron chi connectivity index (χ2n) is 6.61. The van der Waals surface area contributed by atoms with Crippen molar-refractivity contribution in [3.8, 4) is 0 Å². The van der Waals surface area contributed by atoms with E-state index in [1.807, 2.05) is 6.92 Å². The first-order chi connectivity index (χ1) is 13.6. The molecule has 11 heteroatoms. The fourth-order valence-electron chi connectivity index (χ4n) is 2.28. The number of guanidine groups is 1. The number of hydrogen-bond donors (Lipinski definition) is 2. The van der Waals surface area contributed by atoms with Gasteiger partial charge in [-0.05, 0) is 31.5 Å². The van der Waals surface area contributed by atoms with Gasteiger partial charge in [0.15, 0.2) is 5.96 Å². The molecule has 7 nitrogen and oxygen atoms in total. The summed E-state index contributed by atoms with van der Waals surface area (Å²) in [7, 11) is 3.24. The van der Waals surface area contributed by atoms with Crippen molar-refractivity contribution in [1.29, 1.82) is 0 Å². The van der Waals surface area contributed by atoms with Gasteiger partial charge in [-0.2, -0.15) is 13.2 Å². The highest BCUT2D eigenvalue weighted by molar-refractivity contribution is 14.0. The normalized spacial score (nSPS) is 11.6. The maximum atomic E-state index is 12.9. The van der Waals surface area contributed by atoms with E-state index in [-0.39, 0.29) is 55.5 Å². The minimum absolute atomic E-state index is 0. The molecule has 0 saturated carbocycles. The number of carbonyl (C=O) groups is 1. The molecule has 0 aliphatic carbocycles. The maximum Gasteiger partial charge on any atom is 0.416 e. The maximum absolute atomic E-state index is 12.9. The van der Waals surface area contributed by atoms with Crippen LogP contribution in [0.4, 0.5) is 13.2 Å². The Bertz CT molecular complexity index is 862. The first-order valence-corrected chi connectivity index (χ1v) is 8.87. The van der Waals surface area contributed by atoms with Crippen LogP contribution in [0.1, 0.15) is 28.5 Å². The molecule has 2 aromatic rings. The van der Waals surface area contributed by atoms with Crippen molar-refractivity contribution in [2.45, 2.75) is 33.1 Å². The molecule has 1 heterocycles. The zero-order valence-electron chi connectivity index (χ0n) is 17.1. The van der Waals surface area contributed by atoms with Crippen LogP contribution in [0.25, 0.3) is 0 Å². The Labute approximate surface area is 190 Å². The molecule has 0 aliphatic rings. The van der Waals surface area contributed by atoms with Crippen LogP contribution in [0.3, 0.4) is 0 Å². The van der Waals surface area contributed by atoms with E-state index < -0.39 is 11.7 Å². The van der Waals surface area contributed by atoms with Gasteiger partial charge < -0.3 is 20.0 Å². The molecule has 0 bridgehead atoms. The number of aliphatic imine (C=N–C) groups is 1. The van der Waals surface area contributed by atoms with Crippen LogP contribution in [0, 0.1) is 13.8 Å². The fraction of sp³-hybridized carbons (Fsp3) is 0.421. The number of halogens is 4. The zero-order chi connectivity index (χ0) is 21.6. The molecule has 30 heavy (non-hydrogen) atoms. The van der Waals surface area contributed by atoms with Crippen molar-refractivity contribution in [1.82, 2.24) is 20.5 Å². The number of hydrogen-bond acceptors (Lipinski definition) is 4. The van der Waals surface area contributed by atoms with Gasteiger partial charge in [-0.3, -0.25) is 4.79 Å². The lowest BCUT2D eigenvalue weighted by Crippen LogP contribution is -2.42. The average molecular weight is 539 g/mol. The number of amides is 1. The minimum Gasteiger partial charge on any atom is -0.444 e. The Morgan fingerprint density at radius 2 is 1.93 bits per heavy atom. The van der Waals surface area contributed by atoms with Crippen molar-refractivity contribution in [2.24, 2.45) is 4.99 Å². The average Bonchev–Trinajstić information content (AvgIpc) is 2.98. The lowest BCUT2D eigenvalue weighted by atomic mass is 10.1. The topological polar surface area (TPSA) is 82.8 Å². The van der Waals surface area contributed by atoms with Gasteiger partial charge in [-0.15, -0.1) is 24.0 Å². The van der Waals surface area contributed by atoms with Crippen LogP contribution < -0.4 is 10.6 Å². The number of benzene rings is 1. The lowest BCUT2D eigenvalue weighted by Gasteiger charge is -2.14.